The minimum absolute atomic E-state index is 0.0148. The number of amides is 1. The van der Waals surface area contributed by atoms with Crippen LogP contribution >= 0.6 is 0 Å². The zero-order chi connectivity index (χ0) is 14.8. The highest BCUT2D eigenvalue weighted by molar-refractivity contribution is 5.88. The molecular formula is C15H26N2O3. The van der Waals surface area contributed by atoms with Crippen molar-refractivity contribution < 1.29 is 14.7 Å². The first-order chi connectivity index (χ1) is 9.50. The van der Waals surface area contributed by atoms with Gasteiger partial charge < -0.3 is 15.7 Å². The van der Waals surface area contributed by atoms with E-state index in [9.17, 15) is 14.7 Å². The van der Waals surface area contributed by atoms with Gasteiger partial charge in [0, 0.05) is 13.1 Å². The third kappa shape index (κ3) is 2.82. The Morgan fingerprint density at radius 3 is 2.45 bits per heavy atom. The van der Waals surface area contributed by atoms with E-state index in [2.05, 4.69) is 6.92 Å². The van der Waals surface area contributed by atoms with Crippen LogP contribution in [0.5, 0.6) is 0 Å². The summed E-state index contributed by atoms with van der Waals surface area (Å²) >= 11 is 0. The second kappa shape index (κ2) is 6.12. The van der Waals surface area contributed by atoms with Crippen LogP contribution in [0.15, 0.2) is 0 Å². The van der Waals surface area contributed by atoms with Gasteiger partial charge in [-0.15, -0.1) is 0 Å². The van der Waals surface area contributed by atoms with E-state index in [-0.39, 0.29) is 5.91 Å². The van der Waals surface area contributed by atoms with Gasteiger partial charge >= 0.3 is 5.97 Å². The summed E-state index contributed by atoms with van der Waals surface area (Å²) in [5, 5.41) is 9.33. The van der Waals surface area contributed by atoms with E-state index in [0.29, 0.717) is 25.4 Å². The van der Waals surface area contributed by atoms with Crippen molar-refractivity contribution in [2.45, 2.75) is 57.9 Å². The highest BCUT2D eigenvalue weighted by Crippen LogP contribution is 2.40. The Hall–Kier alpha value is -1.10. The third-order valence-electron chi connectivity index (χ3n) is 5.12. The van der Waals surface area contributed by atoms with Gasteiger partial charge in [-0.1, -0.05) is 6.92 Å². The van der Waals surface area contributed by atoms with Gasteiger partial charge in [-0.3, -0.25) is 4.79 Å². The second-order valence-corrected chi connectivity index (χ2v) is 6.52. The van der Waals surface area contributed by atoms with Crippen LogP contribution in [-0.4, -0.2) is 41.0 Å². The fraction of sp³-hybridized carbons (Fsp3) is 0.867. The summed E-state index contributed by atoms with van der Waals surface area (Å²) < 4.78 is 0. The molecule has 0 radical (unpaired) electrons. The quantitative estimate of drug-likeness (QED) is 0.823. The number of carboxylic acid groups (broad SMARTS) is 1. The maximum absolute atomic E-state index is 12.9. The maximum atomic E-state index is 12.9. The van der Waals surface area contributed by atoms with Crippen molar-refractivity contribution in [3.63, 3.8) is 0 Å². The smallest absolute Gasteiger partial charge is 0.326 e. The van der Waals surface area contributed by atoms with Crippen molar-refractivity contribution in [2.75, 3.05) is 13.1 Å². The minimum atomic E-state index is -0.880. The molecule has 5 nitrogen and oxygen atoms in total. The van der Waals surface area contributed by atoms with Crippen molar-refractivity contribution in [2.24, 2.45) is 17.1 Å². The van der Waals surface area contributed by atoms with Gasteiger partial charge in [-0.2, -0.15) is 0 Å². The Morgan fingerprint density at radius 1 is 1.25 bits per heavy atom. The van der Waals surface area contributed by atoms with Gasteiger partial charge in [0.15, 0.2) is 0 Å². The number of carbonyl (C=O) groups is 2. The standard InChI is InChI=1S/C15H26N2O3/c1-11-5-7-15(10-16,8-6-11)14(20)17-9-3-2-4-12(17)13(18)19/h11-12H,2-10,16H2,1H3,(H,18,19)/t11?,12-,15?/m1/s1. The van der Waals surface area contributed by atoms with Crippen LogP contribution in [0.2, 0.25) is 0 Å². The summed E-state index contributed by atoms with van der Waals surface area (Å²) in [5.74, 6) is -0.257. The zero-order valence-electron chi connectivity index (χ0n) is 12.3. The Labute approximate surface area is 120 Å². The summed E-state index contributed by atoms with van der Waals surface area (Å²) in [6, 6.07) is -0.654. The molecule has 0 aromatic heterocycles. The number of hydrogen-bond acceptors (Lipinski definition) is 3. The average Bonchev–Trinajstić information content (AvgIpc) is 2.47. The van der Waals surface area contributed by atoms with Gasteiger partial charge in [-0.05, 0) is 50.9 Å². The molecule has 2 fully saturated rings. The minimum Gasteiger partial charge on any atom is -0.480 e. The number of rotatable bonds is 3. The molecule has 2 rings (SSSR count). The molecule has 1 heterocycles. The van der Waals surface area contributed by atoms with Crippen LogP contribution in [-0.2, 0) is 9.59 Å². The van der Waals surface area contributed by atoms with E-state index in [1.807, 2.05) is 0 Å². The van der Waals surface area contributed by atoms with Gasteiger partial charge in [0.05, 0.1) is 5.41 Å². The van der Waals surface area contributed by atoms with Gasteiger partial charge in [0.1, 0.15) is 6.04 Å². The molecule has 0 aromatic carbocycles. The van der Waals surface area contributed by atoms with E-state index in [1.54, 1.807) is 4.90 Å². The predicted molar refractivity (Wildman–Crippen MR) is 76.1 cm³/mol. The van der Waals surface area contributed by atoms with Crippen LogP contribution in [0.4, 0.5) is 0 Å². The van der Waals surface area contributed by atoms with Gasteiger partial charge in [-0.25, -0.2) is 4.79 Å². The molecule has 3 N–H and O–H groups in total. The fourth-order valence-electron chi connectivity index (χ4n) is 3.56. The number of carbonyl (C=O) groups excluding carboxylic acids is 1. The number of nitrogens with zero attached hydrogens (tertiary/aromatic N) is 1. The van der Waals surface area contributed by atoms with Crippen LogP contribution in [0.25, 0.3) is 0 Å². The van der Waals surface area contributed by atoms with Crippen molar-refractivity contribution in [3.05, 3.63) is 0 Å². The maximum Gasteiger partial charge on any atom is 0.326 e. The topological polar surface area (TPSA) is 83.6 Å². The highest BCUT2D eigenvalue weighted by atomic mass is 16.4. The van der Waals surface area contributed by atoms with E-state index >= 15 is 0 Å². The Bertz CT molecular complexity index is 375. The molecule has 20 heavy (non-hydrogen) atoms. The Balaban J connectivity index is 2.16. The first kappa shape index (κ1) is 15.3. The van der Waals surface area contributed by atoms with Gasteiger partial charge in [0.2, 0.25) is 5.91 Å². The monoisotopic (exact) mass is 282 g/mol. The fourth-order valence-corrected chi connectivity index (χ4v) is 3.56. The molecule has 1 saturated carbocycles. The lowest BCUT2D eigenvalue weighted by Crippen LogP contribution is -2.56. The second-order valence-electron chi connectivity index (χ2n) is 6.52. The molecule has 0 spiro atoms. The summed E-state index contributed by atoms with van der Waals surface area (Å²) in [7, 11) is 0. The molecule has 5 heteroatoms. The number of likely N-dealkylation sites (tertiary alicyclic amines) is 1. The molecule has 2 aliphatic rings. The molecule has 1 aliphatic carbocycles. The molecule has 1 aliphatic heterocycles. The molecule has 1 amide bonds. The zero-order valence-corrected chi connectivity index (χ0v) is 12.3. The summed E-state index contributed by atoms with van der Waals surface area (Å²) in [6.45, 7) is 3.10. The van der Waals surface area contributed by atoms with Crippen molar-refractivity contribution in [3.8, 4) is 0 Å². The summed E-state index contributed by atoms with van der Waals surface area (Å²) in [5.41, 5.74) is 5.40. The van der Waals surface area contributed by atoms with Crippen molar-refractivity contribution in [1.29, 1.82) is 0 Å². The number of aliphatic carboxylic acids is 1. The first-order valence-electron chi connectivity index (χ1n) is 7.74. The molecule has 1 atom stereocenters. The van der Waals surface area contributed by atoms with Crippen LogP contribution in [0, 0.1) is 11.3 Å². The van der Waals surface area contributed by atoms with E-state index < -0.39 is 17.4 Å². The number of carboxylic acids is 1. The lowest BCUT2D eigenvalue weighted by atomic mass is 9.69. The Kier molecular flexibility index (Phi) is 4.68. The SMILES string of the molecule is CC1CCC(CN)(C(=O)N2CCCC[C@@H]2C(=O)O)CC1. The van der Waals surface area contributed by atoms with Crippen LogP contribution < -0.4 is 5.73 Å². The highest BCUT2D eigenvalue weighted by Gasteiger charge is 2.45. The normalized spacial score (nSPS) is 34.8. The van der Waals surface area contributed by atoms with Crippen molar-refractivity contribution in [1.82, 2.24) is 4.90 Å². The third-order valence-corrected chi connectivity index (χ3v) is 5.12. The Morgan fingerprint density at radius 2 is 1.90 bits per heavy atom. The molecule has 114 valence electrons. The molecule has 0 bridgehead atoms. The first-order valence-corrected chi connectivity index (χ1v) is 7.74. The molecule has 0 aromatic rings. The number of piperidine rings is 1. The van der Waals surface area contributed by atoms with Crippen LogP contribution in [0.3, 0.4) is 0 Å². The molecule has 0 unspecified atom stereocenters. The van der Waals surface area contributed by atoms with Crippen LogP contribution in [0.1, 0.15) is 51.9 Å². The average molecular weight is 282 g/mol. The predicted octanol–water partition coefficient (Wildman–Crippen LogP) is 1.61. The molecule has 1 saturated heterocycles. The number of nitrogens with two attached hydrogens (primary N) is 1. The van der Waals surface area contributed by atoms with Crippen molar-refractivity contribution >= 4 is 11.9 Å². The number of hydrogen-bond donors (Lipinski definition) is 2. The lowest BCUT2D eigenvalue weighted by Gasteiger charge is -2.43. The van der Waals surface area contributed by atoms with Gasteiger partial charge in [0.25, 0.3) is 0 Å². The van der Waals surface area contributed by atoms with E-state index in [4.69, 9.17) is 5.73 Å². The summed E-state index contributed by atoms with van der Waals surface area (Å²) in [4.78, 5) is 25.9. The van der Waals surface area contributed by atoms with E-state index in [1.165, 1.54) is 0 Å². The lowest BCUT2D eigenvalue weighted by molar-refractivity contribution is -0.158. The molecular weight excluding hydrogens is 256 g/mol. The largest absolute Gasteiger partial charge is 0.480 e. The summed E-state index contributed by atoms with van der Waals surface area (Å²) in [6.07, 6.45) is 5.96. The van der Waals surface area contributed by atoms with E-state index in [0.717, 1.165) is 38.5 Å².